The van der Waals surface area contributed by atoms with Gasteiger partial charge in [0.2, 0.25) is 5.90 Å². The fraction of sp³-hybridized carbons (Fsp3) is 0. The number of carbonyl (C=O) groups excluding carboxylic acids is 1. The van der Waals surface area contributed by atoms with Gasteiger partial charge in [-0.1, -0.05) is 39.7 Å². The number of cyclic esters (lactones) is 1. The predicted molar refractivity (Wildman–Crippen MR) is 86.1 cm³/mol. The molecule has 3 nitrogen and oxygen atoms in total. The molecule has 0 amide bonds. The maximum absolute atomic E-state index is 13.3. The SMILES string of the molecule is O=C1OC(c2cc(F)c(F)cc2Cl)=N/C1=C\c1ccc(Br)cc1. The van der Waals surface area contributed by atoms with Gasteiger partial charge in [0.25, 0.3) is 0 Å². The van der Waals surface area contributed by atoms with Crippen molar-refractivity contribution in [2.24, 2.45) is 4.99 Å². The number of halogens is 4. The number of ether oxygens (including phenoxy) is 1. The van der Waals surface area contributed by atoms with Crippen LogP contribution < -0.4 is 0 Å². The summed E-state index contributed by atoms with van der Waals surface area (Å²) in [6.07, 6.45) is 1.52. The summed E-state index contributed by atoms with van der Waals surface area (Å²) in [4.78, 5) is 15.9. The highest BCUT2D eigenvalue weighted by Crippen LogP contribution is 2.26. The summed E-state index contributed by atoms with van der Waals surface area (Å²) in [7, 11) is 0. The molecule has 0 N–H and O–H groups in total. The summed E-state index contributed by atoms with van der Waals surface area (Å²) in [6, 6.07) is 8.82. The molecule has 23 heavy (non-hydrogen) atoms. The molecule has 0 aliphatic carbocycles. The minimum atomic E-state index is -1.10. The first-order valence-electron chi connectivity index (χ1n) is 6.37. The number of rotatable bonds is 2. The minimum Gasteiger partial charge on any atom is -0.402 e. The summed E-state index contributed by atoms with van der Waals surface area (Å²) in [5.41, 5.74) is 0.794. The van der Waals surface area contributed by atoms with Crippen LogP contribution in [0.25, 0.3) is 6.08 Å². The van der Waals surface area contributed by atoms with Gasteiger partial charge < -0.3 is 4.74 Å². The Balaban J connectivity index is 1.98. The maximum Gasteiger partial charge on any atom is 0.363 e. The lowest BCUT2D eigenvalue weighted by Crippen LogP contribution is -2.07. The summed E-state index contributed by atoms with van der Waals surface area (Å²) in [5.74, 6) is -3.05. The lowest BCUT2D eigenvalue weighted by Gasteiger charge is -2.03. The first-order chi connectivity index (χ1) is 10.9. The molecule has 3 rings (SSSR count). The van der Waals surface area contributed by atoms with E-state index in [0.717, 1.165) is 22.2 Å². The topological polar surface area (TPSA) is 38.7 Å². The maximum atomic E-state index is 13.3. The highest BCUT2D eigenvalue weighted by Gasteiger charge is 2.26. The zero-order chi connectivity index (χ0) is 16.6. The van der Waals surface area contributed by atoms with E-state index in [1.54, 1.807) is 12.1 Å². The van der Waals surface area contributed by atoms with E-state index in [1.807, 2.05) is 12.1 Å². The average Bonchev–Trinajstić information content (AvgIpc) is 2.86. The molecule has 7 heteroatoms. The van der Waals surface area contributed by atoms with Crippen molar-refractivity contribution in [1.29, 1.82) is 0 Å². The third-order valence-corrected chi connectivity index (χ3v) is 3.88. The molecule has 0 aromatic heterocycles. The van der Waals surface area contributed by atoms with Crippen molar-refractivity contribution in [2.45, 2.75) is 0 Å². The summed E-state index contributed by atoms with van der Waals surface area (Å²) < 4.78 is 32.3. The van der Waals surface area contributed by atoms with Crippen molar-refractivity contribution < 1.29 is 18.3 Å². The van der Waals surface area contributed by atoms with E-state index in [1.165, 1.54) is 6.08 Å². The van der Waals surface area contributed by atoms with Crippen molar-refractivity contribution >= 4 is 45.5 Å². The van der Waals surface area contributed by atoms with E-state index >= 15 is 0 Å². The molecule has 0 bridgehead atoms. The molecule has 0 fully saturated rings. The van der Waals surface area contributed by atoms with Crippen LogP contribution >= 0.6 is 27.5 Å². The second-order valence-corrected chi connectivity index (χ2v) is 5.96. The van der Waals surface area contributed by atoms with Crippen molar-refractivity contribution in [3.8, 4) is 0 Å². The van der Waals surface area contributed by atoms with Gasteiger partial charge in [0.15, 0.2) is 17.3 Å². The van der Waals surface area contributed by atoms with Crippen LogP contribution in [0, 0.1) is 11.6 Å². The smallest absolute Gasteiger partial charge is 0.363 e. The second-order valence-electron chi connectivity index (χ2n) is 4.63. The van der Waals surface area contributed by atoms with E-state index in [4.69, 9.17) is 16.3 Å². The van der Waals surface area contributed by atoms with Gasteiger partial charge in [-0.15, -0.1) is 0 Å². The van der Waals surface area contributed by atoms with Crippen LogP contribution in [-0.4, -0.2) is 11.9 Å². The molecular weight excluding hydrogens is 392 g/mol. The van der Waals surface area contributed by atoms with Crippen LogP contribution in [-0.2, 0) is 9.53 Å². The molecule has 0 atom stereocenters. The lowest BCUT2D eigenvalue weighted by atomic mass is 10.2. The Hall–Kier alpha value is -2.05. The van der Waals surface area contributed by atoms with Crippen LogP contribution in [0.15, 0.2) is 51.6 Å². The molecule has 0 radical (unpaired) electrons. The predicted octanol–water partition coefficient (Wildman–Crippen LogP) is 4.73. The Morgan fingerprint density at radius 1 is 1.13 bits per heavy atom. The number of hydrogen-bond acceptors (Lipinski definition) is 3. The normalized spacial score (nSPS) is 15.7. The Labute approximate surface area is 143 Å². The third-order valence-electron chi connectivity index (χ3n) is 3.03. The zero-order valence-corrected chi connectivity index (χ0v) is 13.7. The molecule has 0 unspecified atom stereocenters. The summed E-state index contributed by atoms with van der Waals surface area (Å²) in [5, 5.41) is -0.0969. The van der Waals surface area contributed by atoms with Gasteiger partial charge in [-0.25, -0.2) is 18.6 Å². The van der Waals surface area contributed by atoms with Gasteiger partial charge in [0.1, 0.15) is 0 Å². The zero-order valence-electron chi connectivity index (χ0n) is 11.3. The lowest BCUT2D eigenvalue weighted by molar-refractivity contribution is -0.129. The number of carbonyl (C=O) groups is 1. The molecule has 0 spiro atoms. The highest BCUT2D eigenvalue weighted by molar-refractivity contribution is 9.10. The molecule has 2 aromatic rings. The average molecular weight is 399 g/mol. The fourth-order valence-electron chi connectivity index (χ4n) is 1.93. The number of aliphatic imine (C=N–C) groups is 1. The monoisotopic (exact) mass is 397 g/mol. The Bertz CT molecular complexity index is 863. The summed E-state index contributed by atoms with van der Waals surface area (Å²) in [6.45, 7) is 0. The molecule has 0 saturated carbocycles. The van der Waals surface area contributed by atoms with Crippen LogP contribution in [0.1, 0.15) is 11.1 Å². The van der Waals surface area contributed by atoms with Gasteiger partial charge in [-0.05, 0) is 35.9 Å². The number of hydrogen-bond donors (Lipinski definition) is 0. The van der Waals surface area contributed by atoms with E-state index in [0.29, 0.717) is 0 Å². The summed E-state index contributed by atoms with van der Waals surface area (Å²) >= 11 is 9.16. The molecule has 116 valence electrons. The van der Waals surface area contributed by atoms with E-state index < -0.39 is 17.6 Å². The fourth-order valence-corrected chi connectivity index (χ4v) is 2.42. The van der Waals surface area contributed by atoms with Crippen molar-refractivity contribution in [3.63, 3.8) is 0 Å². The first kappa shape index (κ1) is 15.8. The van der Waals surface area contributed by atoms with Crippen LogP contribution in [0.3, 0.4) is 0 Å². The van der Waals surface area contributed by atoms with Gasteiger partial charge in [0.05, 0.1) is 10.6 Å². The van der Waals surface area contributed by atoms with E-state index in [9.17, 15) is 13.6 Å². The number of benzene rings is 2. The van der Waals surface area contributed by atoms with Crippen molar-refractivity contribution in [1.82, 2.24) is 0 Å². The molecule has 0 saturated heterocycles. The van der Waals surface area contributed by atoms with Crippen LogP contribution in [0.2, 0.25) is 5.02 Å². The molecule has 2 aromatic carbocycles. The van der Waals surface area contributed by atoms with Crippen molar-refractivity contribution in [2.75, 3.05) is 0 Å². The van der Waals surface area contributed by atoms with Crippen LogP contribution in [0.5, 0.6) is 0 Å². The van der Waals surface area contributed by atoms with Gasteiger partial charge in [0, 0.05) is 4.47 Å². The highest BCUT2D eigenvalue weighted by atomic mass is 79.9. The quantitative estimate of drug-likeness (QED) is 0.417. The van der Waals surface area contributed by atoms with Crippen molar-refractivity contribution in [3.05, 3.63) is 74.4 Å². The molecule has 1 aliphatic rings. The molecule has 1 heterocycles. The third kappa shape index (κ3) is 3.33. The number of nitrogens with zero attached hydrogens (tertiary/aromatic N) is 1. The minimum absolute atomic E-state index is 0.0122. The first-order valence-corrected chi connectivity index (χ1v) is 7.54. The molecular formula is C16H7BrClF2NO2. The van der Waals surface area contributed by atoms with Crippen LogP contribution in [0.4, 0.5) is 8.78 Å². The molecule has 1 aliphatic heterocycles. The largest absolute Gasteiger partial charge is 0.402 e. The van der Waals surface area contributed by atoms with Gasteiger partial charge >= 0.3 is 5.97 Å². The van der Waals surface area contributed by atoms with E-state index in [2.05, 4.69) is 20.9 Å². The Morgan fingerprint density at radius 3 is 2.48 bits per heavy atom. The number of esters is 1. The Kier molecular flexibility index (Phi) is 4.28. The Morgan fingerprint density at radius 2 is 1.78 bits per heavy atom. The van der Waals surface area contributed by atoms with Gasteiger partial charge in [-0.2, -0.15) is 0 Å². The second kappa shape index (κ2) is 6.22. The van der Waals surface area contributed by atoms with Gasteiger partial charge in [-0.3, -0.25) is 0 Å². The standard InChI is InChI=1S/C16H7BrClF2NO2/c17-9-3-1-8(2-4-9)5-14-16(22)23-15(21-14)10-6-12(19)13(20)7-11(10)18/h1-7H/b14-5-. The van der Waals surface area contributed by atoms with E-state index in [-0.39, 0.29) is 22.2 Å².